The molecule has 0 aliphatic carbocycles. The van der Waals surface area contributed by atoms with Crippen LogP contribution in [0.25, 0.3) is 0 Å². The molecule has 0 bridgehead atoms. The molecule has 0 saturated carbocycles. The second kappa shape index (κ2) is 9.26. The van der Waals surface area contributed by atoms with Crippen molar-refractivity contribution < 1.29 is 9.59 Å². The summed E-state index contributed by atoms with van der Waals surface area (Å²) in [7, 11) is 0. The first-order chi connectivity index (χ1) is 13.5. The second-order valence-electron chi connectivity index (χ2n) is 7.42. The third kappa shape index (κ3) is 5.25. The van der Waals surface area contributed by atoms with Crippen LogP contribution in [0, 0.1) is 5.92 Å². The Kier molecular flexibility index (Phi) is 6.53. The smallest absolute Gasteiger partial charge is 0.319 e. The van der Waals surface area contributed by atoms with Crippen molar-refractivity contribution in [2.45, 2.75) is 32.7 Å². The van der Waals surface area contributed by atoms with Gasteiger partial charge >= 0.3 is 6.03 Å². The van der Waals surface area contributed by atoms with E-state index in [0.717, 1.165) is 18.8 Å². The Hall–Kier alpha value is -3.02. The van der Waals surface area contributed by atoms with E-state index in [2.05, 4.69) is 20.9 Å². The summed E-state index contributed by atoms with van der Waals surface area (Å²) in [6.07, 6.45) is 2.45. The lowest BCUT2D eigenvalue weighted by Crippen LogP contribution is -2.48. The van der Waals surface area contributed by atoms with Gasteiger partial charge in [-0.25, -0.2) is 4.79 Å². The van der Waals surface area contributed by atoms with Crippen molar-refractivity contribution in [2.24, 2.45) is 5.92 Å². The van der Waals surface area contributed by atoms with Crippen molar-refractivity contribution in [1.29, 1.82) is 0 Å². The number of nitrogens with zero attached hydrogens (tertiary/aromatic N) is 1. The van der Waals surface area contributed by atoms with Gasteiger partial charge in [0.25, 0.3) is 0 Å². The van der Waals surface area contributed by atoms with Crippen LogP contribution in [0.4, 0.5) is 21.9 Å². The van der Waals surface area contributed by atoms with Gasteiger partial charge < -0.3 is 20.9 Å². The van der Waals surface area contributed by atoms with Gasteiger partial charge in [-0.2, -0.15) is 0 Å². The van der Waals surface area contributed by atoms with E-state index in [4.69, 9.17) is 0 Å². The fourth-order valence-electron chi connectivity index (χ4n) is 3.32. The zero-order valence-corrected chi connectivity index (χ0v) is 16.4. The molecule has 3 N–H and O–H groups in total. The average molecular weight is 380 g/mol. The number of carbonyl (C=O) groups is 2. The molecule has 3 amide bonds. The highest BCUT2D eigenvalue weighted by Crippen LogP contribution is 2.22. The Bertz CT molecular complexity index is 784. The van der Waals surface area contributed by atoms with E-state index < -0.39 is 12.1 Å². The zero-order chi connectivity index (χ0) is 19.9. The van der Waals surface area contributed by atoms with E-state index in [1.54, 1.807) is 12.1 Å². The molecule has 28 heavy (non-hydrogen) atoms. The fourth-order valence-corrected chi connectivity index (χ4v) is 3.32. The van der Waals surface area contributed by atoms with Crippen LogP contribution < -0.4 is 20.9 Å². The second-order valence-corrected chi connectivity index (χ2v) is 7.42. The van der Waals surface area contributed by atoms with E-state index >= 15 is 0 Å². The molecule has 148 valence electrons. The number of hydrogen-bond donors (Lipinski definition) is 3. The quantitative estimate of drug-likeness (QED) is 0.707. The lowest BCUT2D eigenvalue weighted by Gasteiger charge is -2.22. The van der Waals surface area contributed by atoms with Gasteiger partial charge in [0, 0.05) is 30.2 Å². The maximum Gasteiger partial charge on any atom is 0.319 e. The number of hydrogen-bond acceptors (Lipinski definition) is 3. The molecule has 0 radical (unpaired) electrons. The molecule has 1 aliphatic rings. The van der Waals surface area contributed by atoms with Crippen LogP contribution in [0.1, 0.15) is 26.7 Å². The number of para-hydroxylation sites is 1. The minimum Gasteiger partial charge on any atom is -0.372 e. The minimum absolute atomic E-state index is 0.0506. The first kappa shape index (κ1) is 19.7. The number of anilines is 3. The molecule has 1 atom stereocenters. The molecule has 0 aromatic heterocycles. The number of amides is 3. The zero-order valence-electron chi connectivity index (χ0n) is 16.4. The van der Waals surface area contributed by atoms with E-state index in [9.17, 15) is 9.59 Å². The molecule has 1 fully saturated rings. The Morgan fingerprint density at radius 2 is 1.46 bits per heavy atom. The van der Waals surface area contributed by atoms with Crippen LogP contribution in [-0.4, -0.2) is 31.1 Å². The molecule has 1 heterocycles. The molecule has 1 saturated heterocycles. The fraction of sp³-hybridized carbons (Fsp3) is 0.364. The maximum atomic E-state index is 12.7. The first-order valence-corrected chi connectivity index (χ1v) is 9.81. The summed E-state index contributed by atoms with van der Waals surface area (Å²) in [6, 6.07) is 16.0. The van der Waals surface area contributed by atoms with Crippen LogP contribution in [0.2, 0.25) is 0 Å². The molecular weight excluding hydrogens is 352 g/mol. The number of carbonyl (C=O) groups excluding carboxylic acids is 2. The molecule has 0 unspecified atom stereocenters. The number of urea groups is 1. The first-order valence-electron chi connectivity index (χ1n) is 9.81. The summed E-state index contributed by atoms with van der Waals surface area (Å²) in [5.41, 5.74) is 2.58. The van der Waals surface area contributed by atoms with E-state index in [0.29, 0.717) is 5.69 Å². The molecule has 2 aromatic carbocycles. The van der Waals surface area contributed by atoms with Crippen LogP contribution in [-0.2, 0) is 4.79 Å². The van der Waals surface area contributed by atoms with Crippen molar-refractivity contribution in [3.8, 4) is 0 Å². The van der Waals surface area contributed by atoms with Gasteiger partial charge in [-0.05, 0) is 55.2 Å². The molecule has 1 aliphatic heterocycles. The van der Waals surface area contributed by atoms with Crippen molar-refractivity contribution in [3.05, 3.63) is 54.6 Å². The number of rotatable bonds is 6. The summed E-state index contributed by atoms with van der Waals surface area (Å²) >= 11 is 0. The number of nitrogens with one attached hydrogen (secondary N) is 3. The van der Waals surface area contributed by atoms with E-state index in [1.165, 1.54) is 18.5 Å². The number of benzene rings is 2. The van der Waals surface area contributed by atoms with Crippen molar-refractivity contribution >= 4 is 29.0 Å². The summed E-state index contributed by atoms with van der Waals surface area (Å²) in [6.45, 7) is 5.98. The van der Waals surface area contributed by atoms with E-state index in [1.807, 2.05) is 56.3 Å². The van der Waals surface area contributed by atoms with Crippen LogP contribution in [0.5, 0.6) is 0 Å². The molecule has 2 aromatic rings. The van der Waals surface area contributed by atoms with Gasteiger partial charge in [0.15, 0.2) is 0 Å². The Balaban J connectivity index is 1.58. The molecule has 0 spiro atoms. The van der Waals surface area contributed by atoms with Gasteiger partial charge in [-0.15, -0.1) is 0 Å². The molecule has 6 nitrogen and oxygen atoms in total. The third-order valence-corrected chi connectivity index (χ3v) is 4.87. The minimum atomic E-state index is -0.637. The van der Waals surface area contributed by atoms with Crippen molar-refractivity contribution in [2.75, 3.05) is 28.6 Å². The Morgan fingerprint density at radius 3 is 2.07 bits per heavy atom. The highest BCUT2D eigenvalue weighted by Gasteiger charge is 2.24. The summed E-state index contributed by atoms with van der Waals surface area (Å²) < 4.78 is 0. The monoisotopic (exact) mass is 380 g/mol. The summed E-state index contributed by atoms with van der Waals surface area (Å²) in [4.78, 5) is 27.3. The van der Waals surface area contributed by atoms with Gasteiger partial charge in [0.1, 0.15) is 6.04 Å². The van der Waals surface area contributed by atoms with Crippen LogP contribution in [0.15, 0.2) is 54.6 Å². The summed E-state index contributed by atoms with van der Waals surface area (Å²) in [5.74, 6) is -0.280. The maximum absolute atomic E-state index is 12.7. The standard InChI is InChI=1S/C22H28N4O2/c1-16(2)20(25-22(28)24-17-8-4-3-5-9-17)21(27)23-18-10-12-19(13-11-18)26-14-6-7-15-26/h3-5,8-13,16,20H,6-7,14-15H2,1-2H3,(H,23,27)(H2,24,25,28)/t20-/m0/s1. The topological polar surface area (TPSA) is 73.5 Å². The van der Waals surface area contributed by atoms with Crippen LogP contribution >= 0.6 is 0 Å². The van der Waals surface area contributed by atoms with Crippen molar-refractivity contribution in [1.82, 2.24) is 5.32 Å². The molecular formula is C22H28N4O2. The largest absolute Gasteiger partial charge is 0.372 e. The van der Waals surface area contributed by atoms with Crippen molar-refractivity contribution in [3.63, 3.8) is 0 Å². The highest BCUT2D eigenvalue weighted by molar-refractivity contribution is 5.99. The molecule has 3 rings (SSSR count). The SMILES string of the molecule is CC(C)[C@H](NC(=O)Nc1ccccc1)C(=O)Nc1ccc(N2CCCC2)cc1. The predicted molar refractivity (Wildman–Crippen MR) is 114 cm³/mol. The predicted octanol–water partition coefficient (Wildman–Crippen LogP) is 4.07. The van der Waals surface area contributed by atoms with E-state index in [-0.39, 0.29) is 11.8 Å². The highest BCUT2D eigenvalue weighted by atomic mass is 16.2. The Labute approximate surface area is 166 Å². The lowest BCUT2D eigenvalue weighted by atomic mass is 10.0. The van der Waals surface area contributed by atoms with Gasteiger partial charge in [0.2, 0.25) is 5.91 Å². The van der Waals surface area contributed by atoms with Gasteiger partial charge in [0.05, 0.1) is 0 Å². The normalized spacial score (nSPS) is 14.6. The van der Waals surface area contributed by atoms with Gasteiger partial charge in [-0.3, -0.25) is 4.79 Å². The third-order valence-electron chi connectivity index (χ3n) is 4.87. The molecule has 6 heteroatoms. The summed E-state index contributed by atoms with van der Waals surface area (Å²) in [5, 5.41) is 8.43. The van der Waals surface area contributed by atoms with Crippen LogP contribution in [0.3, 0.4) is 0 Å². The average Bonchev–Trinajstić information content (AvgIpc) is 3.22. The Morgan fingerprint density at radius 1 is 0.857 bits per heavy atom. The lowest BCUT2D eigenvalue weighted by molar-refractivity contribution is -0.118. The van der Waals surface area contributed by atoms with Gasteiger partial charge in [-0.1, -0.05) is 32.0 Å².